The molecule has 1 saturated heterocycles. The minimum Gasteiger partial charge on any atom is -0.466 e. The van der Waals surface area contributed by atoms with Gasteiger partial charge >= 0.3 is 11.9 Å². The molecule has 12 heteroatoms. The molecule has 4 aromatic carbocycles. The first-order valence-electron chi connectivity index (χ1n) is 19.5. The third-order valence-electron chi connectivity index (χ3n) is 10.6. The smallest absolute Gasteiger partial charge is 0.329 e. The highest BCUT2D eigenvalue weighted by molar-refractivity contribution is 6.09. The van der Waals surface area contributed by atoms with Crippen LogP contribution in [0.4, 0.5) is 0 Å². The molecule has 1 fully saturated rings. The molecule has 0 radical (unpaired) electrons. The van der Waals surface area contributed by atoms with Gasteiger partial charge in [-0.15, -0.1) is 0 Å². The Balaban J connectivity index is 1.51. The summed E-state index contributed by atoms with van der Waals surface area (Å²) in [6, 6.07) is 31.0. The van der Waals surface area contributed by atoms with Gasteiger partial charge in [0.1, 0.15) is 24.1 Å². The van der Waals surface area contributed by atoms with Gasteiger partial charge in [0.2, 0.25) is 5.91 Å². The van der Waals surface area contributed by atoms with E-state index >= 15 is 4.79 Å². The number of likely N-dealkylation sites (tertiary alicyclic amines) is 1. The summed E-state index contributed by atoms with van der Waals surface area (Å²) >= 11 is 0. The zero-order chi connectivity index (χ0) is 40.2. The maximum Gasteiger partial charge on any atom is 0.329 e. The minimum atomic E-state index is -2.09. The molecule has 4 aromatic rings. The van der Waals surface area contributed by atoms with Gasteiger partial charge in [-0.25, -0.2) is 4.79 Å². The van der Waals surface area contributed by atoms with Crippen LogP contribution in [0.2, 0.25) is 0 Å². The first kappa shape index (κ1) is 40.4. The average Bonchev–Trinajstić information content (AvgIpc) is 3.73. The number of nitrogens with zero attached hydrogens (tertiary/aromatic N) is 1. The van der Waals surface area contributed by atoms with E-state index in [-0.39, 0.29) is 56.7 Å². The molecule has 0 bridgehead atoms. The Labute approximate surface area is 332 Å². The van der Waals surface area contributed by atoms with Gasteiger partial charge in [0.25, 0.3) is 17.7 Å². The SMILES string of the molecule is CCOC(=O)C([C@H](Cc1ccccc1)NC(=O)c1ccccc1)C1(C(=O)N2CCC[C@H]2C(=O)OCc2ccccc2)CCCCNC(=O)c2ccccc2C(=O)N1. The number of nitrogens with one attached hydrogen (secondary N) is 3. The molecule has 6 rings (SSSR count). The maximum absolute atomic E-state index is 15.7. The van der Waals surface area contributed by atoms with Crippen molar-refractivity contribution in [2.75, 3.05) is 19.7 Å². The first-order valence-corrected chi connectivity index (χ1v) is 19.5. The van der Waals surface area contributed by atoms with E-state index < -0.39 is 59.1 Å². The second-order valence-electron chi connectivity index (χ2n) is 14.3. The molecule has 4 amide bonds. The quantitative estimate of drug-likeness (QED) is 0.169. The summed E-state index contributed by atoms with van der Waals surface area (Å²) in [5.41, 5.74) is -0.160. The van der Waals surface area contributed by atoms with E-state index in [1.807, 2.05) is 60.7 Å². The van der Waals surface area contributed by atoms with E-state index in [0.717, 1.165) is 11.1 Å². The lowest BCUT2D eigenvalue weighted by Crippen LogP contribution is -2.70. The molecule has 2 aliphatic rings. The van der Waals surface area contributed by atoms with E-state index in [1.54, 1.807) is 49.4 Å². The summed E-state index contributed by atoms with van der Waals surface area (Å²) in [5, 5.41) is 8.93. The summed E-state index contributed by atoms with van der Waals surface area (Å²) in [7, 11) is 0. The molecule has 2 unspecified atom stereocenters. The van der Waals surface area contributed by atoms with Crippen LogP contribution < -0.4 is 16.0 Å². The third-order valence-corrected chi connectivity index (χ3v) is 10.6. The molecule has 296 valence electrons. The zero-order valence-corrected chi connectivity index (χ0v) is 32.0. The molecule has 0 aromatic heterocycles. The van der Waals surface area contributed by atoms with Gasteiger partial charge in [-0.1, -0.05) is 91.0 Å². The van der Waals surface area contributed by atoms with Crippen molar-refractivity contribution in [3.63, 3.8) is 0 Å². The first-order chi connectivity index (χ1) is 27.7. The monoisotopic (exact) mass is 772 g/mol. The van der Waals surface area contributed by atoms with Crippen molar-refractivity contribution in [1.29, 1.82) is 0 Å². The number of hydrogen-bond donors (Lipinski definition) is 3. The largest absolute Gasteiger partial charge is 0.466 e. The van der Waals surface area contributed by atoms with Crippen molar-refractivity contribution < 1.29 is 38.2 Å². The van der Waals surface area contributed by atoms with Gasteiger partial charge in [-0.05, 0) is 80.8 Å². The van der Waals surface area contributed by atoms with Crippen molar-refractivity contribution in [1.82, 2.24) is 20.9 Å². The van der Waals surface area contributed by atoms with Gasteiger partial charge in [0.15, 0.2) is 0 Å². The van der Waals surface area contributed by atoms with Gasteiger partial charge in [0, 0.05) is 24.7 Å². The second kappa shape index (κ2) is 19.0. The molecule has 3 N–H and O–H groups in total. The van der Waals surface area contributed by atoms with Crippen LogP contribution in [-0.2, 0) is 36.9 Å². The number of amides is 4. The van der Waals surface area contributed by atoms with E-state index in [9.17, 15) is 24.0 Å². The lowest BCUT2D eigenvalue weighted by Gasteiger charge is -2.45. The fraction of sp³-hybridized carbons (Fsp3) is 0.333. The Morgan fingerprint density at radius 1 is 0.772 bits per heavy atom. The molecule has 12 nitrogen and oxygen atoms in total. The molecule has 57 heavy (non-hydrogen) atoms. The fourth-order valence-electron chi connectivity index (χ4n) is 7.80. The summed E-state index contributed by atoms with van der Waals surface area (Å²) in [5.74, 6) is -5.37. The topological polar surface area (TPSA) is 160 Å². The second-order valence-corrected chi connectivity index (χ2v) is 14.3. The van der Waals surface area contributed by atoms with Crippen LogP contribution in [0.1, 0.15) is 81.2 Å². The minimum absolute atomic E-state index is 0.00594. The van der Waals surface area contributed by atoms with Gasteiger partial charge in [-0.3, -0.25) is 24.0 Å². The molecular weight excluding hydrogens is 725 g/mol. The number of esters is 2. The Morgan fingerprint density at radius 3 is 2.05 bits per heavy atom. The molecule has 0 aliphatic carbocycles. The molecule has 2 heterocycles. The highest BCUT2D eigenvalue weighted by Crippen LogP contribution is 2.36. The van der Waals surface area contributed by atoms with Crippen molar-refractivity contribution >= 4 is 35.6 Å². The highest BCUT2D eigenvalue weighted by Gasteiger charge is 2.57. The predicted molar refractivity (Wildman–Crippen MR) is 212 cm³/mol. The van der Waals surface area contributed by atoms with Crippen LogP contribution in [0.3, 0.4) is 0 Å². The Morgan fingerprint density at radius 2 is 1.39 bits per heavy atom. The highest BCUT2D eigenvalue weighted by atomic mass is 16.5. The number of carbonyl (C=O) groups excluding carboxylic acids is 6. The lowest BCUT2D eigenvalue weighted by molar-refractivity contribution is -0.163. The molecule has 4 atom stereocenters. The van der Waals surface area contributed by atoms with Crippen LogP contribution >= 0.6 is 0 Å². The van der Waals surface area contributed by atoms with Gasteiger partial charge in [0.05, 0.1) is 17.7 Å². The Hall–Kier alpha value is -6.30. The molecule has 0 spiro atoms. The van der Waals surface area contributed by atoms with Crippen LogP contribution in [-0.4, -0.2) is 77.8 Å². The Bertz CT molecular complexity index is 2040. The third kappa shape index (κ3) is 9.57. The number of ether oxygens (including phenoxy) is 2. The van der Waals surface area contributed by atoms with Crippen LogP contribution in [0, 0.1) is 5.92 Å². The van der Waals surface area contributed by atoms with E-state index in [2.05, 4.69) is 16.0 Å². The van der Waals surface area contributed by atoms with Crippen molar-refractivity contribution in [3.8, 4) is 0 Å². The van der Waals surface area contributed by atoms with E-state index in [0.29, 0.717) is 24.8 Å². The zero-order valence-electron chi connectivity index (χ0n) is 32.0. The summed E-state index contributed by atoms with van der Waals surface area (Å²) in [6.07, 6.45) is 1.40. The van der Waals surface area contributed by atoms with Crippen molar-refractivity contribution in [2.24, 2.45) is 5.92 Å². The van der Waals surface area contributed by atoms with E-state index in [1.165, 1.54) is 17.0 Å². The standard InChI is InChI=1S/C45H48N4O8/c1-2-56-43(54)38(36(29-31-17-6-3-7-18-31)47-39(50)33-21-10-5-11-22-33)45(26-14-15-27-46-40(51)34-23-12-13-24-35(34)41(52)48-45)44(55)49-28-16-25-37(49)42(53)57-30-32-19-8-4-9-20-32/h3-13,17-24,36-38H,2,14-16,25-30H2,1H3,(H,46,51)(H,47,50)(H,48,52)/t36-,37-,38?,45?/m0/s1. The summed E-state index contributed by atoms with van der Waals surface area (Å²) in [4.78, 5) is 87.8. The van der Waals surface area contributed by atoms with Gasteiger partial charge in [-0.2, -0.15) is 0 Å². The fourth-order valence-corrected chi connectivity index (χ4v) is 7.80. The summed E-state index contributed by atoms with van der Waals surface area (Å²) < 4.78 is 11.5. The normalized spacial score (nSPS) is 19.4. The number of carbonyl (C=O) groups is 6. The van der Waals surface area contributed by atoms with Crippen LogP contribution in [0.25, 0.3) is 0 Å². The summed E-state index contributed by atoms with van der Waals surface area (Å²) in [6.45, 7) is 1.95. The number of rotatable bonds is 12. The lowest BCUT2D eigenvalue weighted by atomic mass is 9.72. The van der Waals surface area contributed by atoms with Crippen LogP contribution in [0.5, 0.6) is 0 Å². The number of hydrogen-bond acceptors (Lipinski definition) is 8. The van der Waals surface area contributed by atoms with Crippen molar-refractivity contribution in [3.05, 3.63) is 143 Å². The average molecular weight is 773 g/mol. The number of benzene rings is 4. The molecule has 2 aliphatic heterocycles. The van der Waals surface area contributed by atoms with Crippen LogP contribution in [0.15, 0.2) is 115 Å². The molecular formula is C45H48N4O8. The maximum atomic E-state index is 15.7. The van der Waals surface area contributed by atoms with Gasteiger partial charge < -0.3 is 30.3 Å². The number of fused-ring (bicyclic) bond motifs is 1. The van der Waals surface area contributed by atoms with Crippen molar-refractivity contribution in [2.45, 2.75) is 69.7 Å². The Kier molecular flexibility index (Phi) is 13.5. The van der Waals surface area contributed by atoms with E-state index in [4.69, 9.17) is 9.47 Å². The predicted octanol–water partition coefficient (Wildman–Crippen LogP) is 5.02. The molecule has 0 saturated carbocycles.